The van der Waals surface area contributed by atoms with Gasteiger partial charge in [-0.25, -0.2) is 13.8 Å². The zero-order valence-electron chi connectivity index (χ0n) is 6.26. The highest BCUT2D eigenvalue weighted by molar-refractivity contribution is 6.69. The second kappa shape index (κ2) is 3.97. The third-order valence-electron chi connectivity index (χ3n) is 1.22. The lowest BCUT2D eigenvalue weighted by Gasteiger charge is -1.94. The maximum atomic E-state index is 12.6. The minimum Gasteiger partial charge on any atom is -0.226 e. The lowest BCUT2D eigenvalue weighted by atomic mass is 10.3. The van der Waals surface area contributed by atoms with Crippen LogP contribution in [0.5, 0.6) is 0 Å². The van der Waals surface area contributed by atoms with Gasteiger partial charge in [0.2, 0.25) is 5.17 Å². The Bertz CT molecular complexity index is 396. The normalized spacial score (nSPS) is 11.1. The van der Waals surface area contributed by atoms with E-state index in [0.717, 1.165) is 12.1 Å². The van der Waals surface area contributed by atoms with Gasteiger partial charge in [0.1, 0.15) is 6.07 Å². The summed E-state index contributed by atoms with van der Waals surface area (Å²) in [6.45, 7) is 0. The van der Waals surface area contributed by atoms with Crippen molar-refractivity contribution in [1.82, 2.24) is 0 Å². The Morgan fingerprint density at radius 1 is 1.38 bits per heavy atom. The lowest BCUT2D eigenvalue weighted by Crippen LogP contribution is -1.83. The zero-order chi connectivity index (χ0) is 9.84. The molecule has 1 rings (SSSR count). The first-order valence-corrected chi connectivity index (χ1v) is 3.60. The van der Waals surface area contributed by atoms with Crippen LogP contribution in [-0.2, 0) is 0 Å². The molecule has 1 aromatic carbocycles. The van der Waals surface area contributed by atoms with E-state index in [1.54, 1.807) is 6.07 Å². The van der Waals surface area contributed by atoms with Gasteiger partial charge in [-0.15, -0.1) is 0 Å². The van der Waals surface area contributed by atoms with Crippen LogP contribution in [0.1, 0.15) is 0 Å². The van der Waals surface area contributed by atoms with Crippen molar-refractivity contribution in [2.75, 3.05) is 0 Å². The standard InChI is InChI=1S/C8H3ClF2N2/c9-8(4-12)13-5-1-2-6(10)7(11)3-5/h1-3H. The summed E-state index contributed by atoms with van der Waals surface area (Å²) in [5, 5.41) is 7.91. The van der Waals surface area contributed by atoms with Crippen molar-refractivity contribution in [3.05, 3.63) is 29.8 Å². The van der Waals surface area contributed by atoms with E-state index in [4.69, 9.17) is 16.9 Å². The summed E-state index contributed by atoms with van der Waals surface area (Å²) < 4.78 is 25.0. The summed E-state index contributed by atoms with van der Waals surface area (Å²) >= 11 is 5.26. The zero-order valence-corrected chi connectivity index (χ0v) is 7.02. The number of benzene rings is 1. The number of halogens is 3. The van der Waals surface area contributed by atoms with Crippen molar-refractivity contribution in [2.45, 2.75) is 0 Å². The second-order valence-corrected chi connectivity index (χ2v) is 2.47. The highest BCUT2D eigenvalue weighted by Gasteiger charge is 2.01. The fourth-order valence-corrected chi connectivity index (χ4v) is 0.791. The number of aliphatic imine (C=N–C) groups is 1. The molecule has 0 spiro atoms. The first-order chi connectivity index (χ1) is 6.13. The lowest BCUT2D eigenvalue weighted by molar-refractivity contribution is 0.509. The minimum absolute atomic E-state index is 0.102. The van der Waals surface area contributed by atoms with Crippen LogP contribution in [0.25, 0.3) is 0 Å². The van der Waals surface area contributed by atoms with Gasteiger partial charge < -0.3 is 0 Å². The third kappa shape index (κ3) is 2.49. The van der Waals surface area contributed by atoms with Gasteiger partial charge in [-0.3, -0.25) is 0 Å². The molecule has 0 saturated heterocycles. The summed E-state index contributed by atoms with van der Waals surface area (Å²) in [5.74, 6) is -1.99. The molecule has 66 valence electrons. The average molecular weight is 201 g/mol. The third-order valence-corrected chi connectivity index (χ3v) is 1.39. The van der Waals surface area contributed by atoms with Gasteiger partial charge >= 0.3 is 0 Å². The molecule has 2 nitrogen and oxygen atoms in total. The van der Waals surface area contributed by atoms with E-state index in [1.165, 1.54) is 6.07 Å². The van der Waals surface area contributed by atoms with Crippen LogP contribution in [0.4, 0.5) is 14.5 Å². The van der Waals surface area contributed by atoms with Gasteiger partial charge in [-0.05, 0) is 12.1 Å². The molecule has 0 radical (unpaired) electrons. The maximum Gasteiger partial charge on any atom is 0.207 e. The van der Waals surface area contributed by atoms with Crippen molar-refractivity contribution in [3.63, 3.8) is 0 Å². The highest BCUT2D eigenvalue weighted by atomic mass is 35.5. The van der Waals surface area contributed by atoms with Gasteiger partial charge in [0.05, 0.1) is 5.69 Å². The van der Waals surface area contributed by atoms with Gasteiger partial charge in [0.15, 0.2) is 11.6 Å². The summed E-state index contributed by atoms with van der Waals surface area (Å²) in [5.41, 5.74) is 0.102. The summed E-state index contributed by atoms with van der Waals surface area (Å²) in [6.07, 6.45) is 0. The van der Waals surface area contributed by atoms with Crippen LogP contribution in [0.15, 0.2) is 23.2 Å². The molecule has 0 saturated carbocycles. The number of nitriles is 1. The van der Waals surface area contributed by atoms with E-state index in [-0.39, 0.29) is 10.9 Å². The molecule has 0 heterocycles. The van der Waals surface area contributed by atoms with Gasteiger partial charge in [-0.2, -0.15) is 5.26 Å². The number of hydrogen-bond donors (Lipinski definition) is 0. The van der Waals surface area contributed by atoms with Crippen molar-refractivity contribution >= 4 is 22.5 Å². The Morgan fingerprint density at radius 2 is 2.08 bits per heavy atom. The molecule has 0 unspecified atom stereocenters. The van der Waals surface area contributed by atoms with Gasteiger partial charge in [0.25, 0.3) is 0 Å². The molecule has 1 aromatic rings. The Kier molecular flexibility index (Phi) is 2.93. The summed E-state index contributed by atoms with van der Waals surface area (Å²) in [4.78, 5) is 3.49. The first kappa shape index (κ1) is 9.62. The van der Waals surface area contributed by atoms with E-state index in [0.29, 0.717) is 0 Å². The predicted octanol–water partition coefficient (Wildman–Crippen LogP) is 2.76. The number of rotatable bonds is 1. The Balaban J connectivity index is 3.07. The molecule has 0 N–H and O–H groups in total. The molecule has 0 bridgehead atoms. The van der Waals surface area contributed by atoms with Crippen LogP contribution >= 0.6 is 11.6 Å². The quantitative estimate of drug-likeness (QED) is 0.642. The van der Waals surface area contributed by atoms with Crippen LogP contribution in [0.3, 0.4) is 0 Å². The van der Waals surface area contributed by atoms with Gasteiger partial charge in [0, 0.05) is 6.07 Å². The fourth-order valence-electron chi connectivity index (χ4n) is 0.693. The van der Waals surface area contributed by atoms with E-state index in [2.05, 4.69) is 4.99 Å². The first-order valence-electron chi connectivity index (χ1n) is 3.23. The number of hydrogen-bond acceptors (Lipinski definition) is 2. The largest absolute Gasteiger partial charge is 0.226 e. The average Bonchev–Trinajstić information content (AvgIpc) is 2.11. The second-order valence-electron chi connectivity index (χ2n) is 2.11. The molecule has 0 aliphatic carbocycles. The molecule has 0 fully saturated rings. The Morgan fingerprint density at radius 3 is 2.62 bits per heavy atom. The Labute approximate surface area is 78.1 Å². The smallest absolute Gasteiger partial charge is 0.207 e. The van der Waals surface area contributed by atoms with Crippen molar-refractivity contribution in [1.29, 1.82) is 5.26 Å². The van der Waals surface area contributed by atoms with Gasteiger partial charge in [-0.1, -0.05) is 11.6 Å². The molecule has 0 atom stereocenters. The summed E-state index contributed by atoms with van der Waals surface area (Å²) in [6, 6.07) is 4.54. The Hall–Kier alpha value is -1.47. The van der Waals surface area contributed by atoms with Crippen LogP contribution in [0, 0.1) is 23.0 Å². The highest BCUT2D eigenvalue weighted by Crippen LogP contribution is 2.16. The van der Waals surface area contributed by atoms with Crippen LogP contribution in [0.2, 0.25) is 0 Å². The summed E-state index contributed by atoms with van der Waals surface area (Å²) in [7, 11) is 0. The van der Waals surface area contributed by atoms with E-state index in [9.17, 15) is 8.78 Å². The van der Waals surface area contributed by atoms with Crippen molar-refractivity contribution < 1.29 is 8.78 Å². The molecule has 0 amide bonds. The SMILES string of the molecule is N#CC(Cl)=Nc1ccc(F)c(F)c1. The van der Waals surface area contributed by atoms with Crippen LogP contribution in [-0.4, -0.2) is 5.17 Å². The predicted molar refractivity (Wildman–Crippen MR) is 44.9 cm³/mol. The molecule has 0 aromatic heterocycles. The topological polar surface area (TPSA) is 36.1 Å². The van der Waals surface area contributed by atoms with E-state index in [1.807, 2.05) is 0 Å². The molecular weight excluding hydrogens is 198 g/mol. The van der Waals surface area contributed by atoms with Crippen LogP contribution < -0.4 is 0 Å². The number of nitrogens with zero attached hydrogens (tertiary/aromatic N) is 2. The van der Waals surface area contributed by atoms with E-state index >= 15 is 0 Å². The maximum absolute atomic E-state index is 12.6. The molecule has 5 heteroatoms. The molecule has 0 aliphatic heterocycles. The monoisotopic (exact) mass is 200 g/mol. The van der Waals surface area contributed by atoms with Crippen molar-refractivity contribution in [2.24, 2.45) is 4.99 Å². The fraction of sp³-hybridized carbons (Fsp3) is 0. The van der Waals surface area contributed by atoms with Crippen molar-refractivity contribution in [3.8, 4) is 6.07 Å². The molecular formula is C8H3ClF2N2. The molecule has 0 aliphatic rings. The van der Waals surface area contributed by atoms with E-state index < -0.39 is 11.6 Å². The minimum atomic E-state index is -1.02. The molecule has 13 heavy (non-hydrogen) atoms.